The third kappa shape index (κ3) is 6.89. The van der Waals surface area contributed by atoms with Crippen LogP contribution in [0.4, 0.5) is 0 Å². The van der Waals surface area contributed by atoms with E-state index >= 15 is 0 Å². The maximum atomic E-state index is 12.7. The van der Waals surface area contributed by atoms with Crippen molar-refractivity contribution in [2.45, 2.75) is 38.5 Å². The van der Waals surface area contributed by atoms with Gasteiger partial charge in [0.05, 0.1) is 32.7 Å². The summed E-state index contributed by atoms with van der Waals surface area (Å²) in [6.07, 6.45) is 4.18. The van der Waals surface area contributed by atoms with Crippen LogP contribution in [0, 0.1) is 11.3 Å². The number of aromatic hydroxyl groups is 1. The van der Waals surface area contributed by atoms with Crippen LogP contribution in [-0.2, 0) is 24.0 Å². The van der Waals surface area contributed by atoms with Crippen molar-refractivity contribution in [1.82, 2.24) is 9.96 Å². The monoisotopic (exact) mass is 469 g/mol. The lowest BCUT2D eigenvalue weighted by atomic mass is 10.1. The van der Waals surface area contributed by atoms with Crippen molar-refractivity contribution in [2.75, 3.05) is 32.7 Å². The smallest absolute Gasteiger partial charge is 0.333 e. The van der Waals surface area contributed by atoms with E-state index in [1.807, 2.05) is 6.07 Å². The summed E-state index contributed by atoms with van der Waals surface area (Å²) in [5.74, 6) is -1.69. The van der Waals surface area contributed by atoms with Gasteiger partial charge in [-0.2, -0.15) is 5.26 Å². The predicted octanol–water partition coefficient (Wildman–Crippen LogP) is 0.194. The average Bonchev–Trinajstić information content (AvgIpc) is 3.15. The van der Waals surface area contributed by atoms with Crippen LogP contribution in [0.3, 0.4) is 0 Å². The zero-order valence-corrected chi connectivity index (χ0v) is 19.0. The van der Waals surface area contributed by atoms with Crippen LogP contribution in [0.25, 0.3) is 6.08 Å². The number of imide groups is 1. The molecule has 3 rings (SSSR count). The van der Waals surface area contributed by atoms with Crippen molar-refractivity contribution in [1.29, 1.82) is 5.26 Å². The number of hydrogen-bond donors (Lipinski definition) is 2. The number of hydroxylamine groups is 2. The number of quaternary nitrogens is 1. The first-order chi connectivity index (χ1) is 16.4. The van der Waals surface area contributed by atoms with Crippen LogP contribution in [0.5, 0.6) is 5.75 Å². The molecule has 1 aromatic rings. The van der Waals surface area contributed by atoms with Crippen molar-refractivity contribution in [3.8, 4) is 11.8 Å². The van der Waals surface area contributed by atoms with Gasteiger partial charge < -0.3 is 19.7 Å². The molecular weight excluding hydrogens is 440 g/mol. The molecule has 2 fully saturated rings. The van der Waals surface area contributed by atoms with Gasteiger partial charge in [-0.3, -0.25) is 14.4 Å². The first-order valence-electron chi connectivity index (χ1n) is 11.5. The molecule has 0 radical (unpaired) electrons. The molecular formula is C24H29N4O6+. The van der Waals surface area contributed by atoms with Crippen molar-refractivity contribution < 1.29 is 34.0 Å². The lowest BCUT2D eigenvalue weighted by molar-refractivity contribution is -0.904. The quantitative estimate of drug-likeness (QED) is 0.228. The topological polar surface area (TPSA) is 132 Å². The summed E-state index contributed by atoms with van der Waals surface area (Å²) in [6, 6.07) is 8.28. The molecule has 2 aliphatic heterocycles. The molecule has 0 atom stereocenters. The number of nitrogens with zero attached hydrogens (tertiary/aromatic N) is 3. The number of phenolic OH excluding ortho intramolecular Hbond substituents is 1. The fourth-order valence-corrected chi connectivity index (χ4v) is 3.95. The highest BCUT2D eigenvalue weighted by atomic mass is 16.7. The second-order valence-electron chi connectivity index (χ2n) is 8.41. The van der Waals surface area contributed by atoms with Gasteiger partial charge >= 0.3 is 5.97 Å². The lowest BCUT2D eigenvalue weighted by Gasteiger charge is -2.32. The highest BCUT2D eigenvalue weighted by molar-refractivity contribution is 6.02. The fraction of sp³-hybridized carbons (Fsp3) is 0.458. The summed E-state index contributed by atoms with van der Waals surface area (Å²) < 4.78 is 0. The number of benzene rings is 1. The minimum atomic E-state index is -0.572. The van der Waals surface area contributed by atoms with Gasteiger partial charge in [0, 0.05) is 19.3 Å². The zero-order chi connectivity index (χ0) is 24.5. The number of amides is 3. The molecule has 1 aromatic carbocycles. The Bertz CT molecular complexity index is 974. The maximum Gasteiger partial charge on any atom is 0.333 e. The molecule has 2 aliphatic rings. The molecule has 0 aromatic heterocycles. The minimum Gasteiger partial charge on any atom is -0.508 e. The predicted molar refractivity (Wildman–Crippen MR) is 119 cm³/mol. The minimum absolute atomic E-state index is 0.0679. The Balaban J connectivity index is 1.33. The second-order valence-corrected chi connectivity index (χ2v) is 8.41. The Morgan fingerprint density at radius 1 is 1.06 bits per heavy atom. The van der Waals surface area contributed by atoms with Crippen LogP contribution in [0.15, 0.2) is 29.8 Å². The van der Waals surface area contributed by atoms with Gasteiger partial charge in [0.2, 0.25) is 0 Å². The van der Waals surface area contributed by atoms with Crippen LogP contribution in [0.1, 0.15) is 44.1 Å². The highest BCUT2D eigenvalue weighted by Gasteiger charge is 2.32. The lowest BCUT2D eigenvalue weighted by Crippen LogP contribution is -3.14. The van der Waals surface area contributed by atoms with Crippen molar-refractivity contribution in [2.24, 2.45) is 0 Å². The molecule has 2 saturated heterocycles. The SMILES string of the molecule is N#C/C(=C\c1ccc(O)cc1)C(=O)N1CC[NH+](CCCCCC(=O)ON2C(=O)CCC2=O)CC1. The average molecular weight is 470 g/mol. The van der Waals surface area contributed by atoms with E-state index in [0.29, 0.717) is 30.1 Å². The second kappa shape index (κ2) is 12.0. The first-order valence-corrected chi connectivity index (χ1v) is 11.5. The molecule has 0 unspecified atom stereocenters. The number of carbonyl (C=O) groups excluding carboxylic acids is 4. The van der Waals surface area contributed by atoms with E-state index in [4.69, 9.17) is 4.84 Å². The Hall–Kier alpha value is -3.71. The highest BCUT2D eigenvalue weighted by Crippen LogP contribution is 2.15. The molecule has 0 bridgehead atoms. The third-order valence-corrected chi connectivity index (χ3v) is 5.92. The van der Waals surface area contributed by atoms with Gasteiger partial charge in [-0.25, -0.2) is 4.79 Å². The normalized spacial score (nSPS) is 17.1. The number of hydrogen-bond acceptors (Lipinski definition) is 7. The van der Waals surface area contributed by atoms with E-state index in [1.54, 1.807) is 17.0 Å². The van der Waals surface area contributed by atoms with Gasteiger partial charge in [0.15, 0.2) is 0 Å². The number of rotatable bonds is 9. The van der Waals surface area contributed by atoms with Gasteiger partial charge in [-0.1, -0.05) is 12.1 Å². The Morgan fingerprint density at radius 3 is 2.32 bits per heavy atom. The van der Waals surface area contributed by atoms with E-state index < -0.39 is 17.8 Å². The van der Waals surface area contributed by atoms with Gasteiger partial charge in [0.1, 0.15) is 17.4 Å². The van der Waals surface area contributed by atoms with Crippen LogP contribution >= 0.6 is 0 Å². The van der Waals surface area contributed by atoms with Crippen molar-refractivity contribution in [3.63, 3.8) is 0 Å². The number of phenols is 1. The summed E-state index contributed by atoms with van der Waals surface area (Å²) in [6.45, 7) is 3.60. The molecule has 0 aliphatic carbocycles. The van der Waals surface area contributed by atoms with E-state index in [1.165, 1.54) is 23.1 Å². The van der Waals surface area contributed by atoms with E-state index in [2.05, 4.69) is 0 Å². The zero-order valence-electron chi connectivity index (χ0n) is 19.0. The molecule has 180 valence electrons. The van der Waals surface area contributed by atoms with E-state index in [-0.39, 0.29) is 36.5 Å². The number of nitrogens with one attached hydrogen (secondary N) is 1. The Labute approximate surface area is 197 Å². The maximum absolute atomic E-state index is 12.7. The molecule has 2 N–H and O–H groups in total. The number of piperazine rings is 1. The number of carbonyl (C=O) groups is 4. The molecule has 0 saturated carbocycles. The number of unbranched alkanes of at least 4 members (excludes halogenated alkanes) is 2. The molecule has 34 heavy (non-hydrogen) atoms. The summed E-state index contributed by atoms with van der Waals surface area (Å²) in [7, 11) is 0. The van der Waals surface area contributed by atoms with E-state index in [0.717, 1.165) is 32.5 Å². The summed E-state index contributed by atoms with van der Waals surface area (Å²) in [5, 5.41) is 19.4. The third-order valence-electron chi connectivity index (χ3n) is 5.92. The van der Waals surface area contributed by atoms with Crippen molar-refractivity contribution >= 4 is 29.8 Å². The van der Waals surface area contributed by atoms with Crippen LogP contribution in [0.2, 0.25) is 0 Å². The van der Waals surface area contributed by atoms with Gasteiger partial charge in [-0.05, 0) is 43.0 Å². The molecule has 3 amide bonds. The summed E-state index contributed by atoms with van der Waals surface area (Å²) in [5.41, 5.74) is 0.743. The van der Waals surface area contributed by atoms with Crippen LogP contribution < -0.4 is 4.90 Å². The van der Waals surface area contributed by atoms with Gasteiger partial charge in [-0.15, -0.1) is 5.06 Å². The van der Waals surface area contributed by atoms with Crippen molar-refractivity contribution in [3.05, 3.63) is 35.4 Å². The molecule has 0 spiro atoms. The van der Waals surface area contributed by atoms with Gasteiger partial charge in [0.25, 0.3) is 17.7 Å². The first kappa shape index (κ1) is 24.9. The largest absolute Gasteiger partial charge is 0.508 e. The number of nitriles is 1. The summed E-state index contributed by atoms with van der Waals surface area (Å²) >= 11 is 0. The van der Waals surface area contributed by atoms with Crippen LogP contribution in [-0.4, -0.2) is 71.5 Å². The Morgan fingerprint density at radius 2 is 1.71 bits per heavy atom. The molecule has 2 heterocycles. The standard InChI is InChI=1S/C24H28N4O6/c25-17-19(16-18-5-7-20(29)8-6-18)24(33)27-14-12-26(13-15-27)11-3-1-2-4-23(32)34-28-21(30)9-10-22(28)31/h5-8,16,29H,1-4,9-15H2/p+1/b19-16+. The fourth-order valence-electron chi connectivity index (χ4n) is 3.95. The summed E-state index contributed by atoms with van der Waals surface area (Å²) in [4.78, 5) is 55.4. The molecule has 10 heteroatoms. The molecule has 10 nitrogen and oxygen atoms in total. The van der Waals surface area contributed by atoms with E-state index in [9.17, 15) is 29.5 Å². The Kier molecular flexibility index (Phi) is 8.76.